The molecule has 2 N–H and O–H groups in total. The van der Waals surface area contributed by atoms with E-state index in [0.29, 0.717) is 25.4 Å². The Hall–Kier alpha value is -2.56. The average Bonchev–Trinajstić information content (AvgIpc) is 2.52. The molecule has 0 aromatic heterocycles. The smallest absolute Gasteiger partial charge is 0.315 e. The minimum absolute atomic E-state index is 0.244. The highest BCUT2D eigenvalue weighted by atomic mass is 19.1. The van der Waals surface area contributed by atoms with Crippen LogP contribution in [0.5, 0.6) is 5.75 Å². The van der Waals surface area contributed by atoms with Crippen LogP contribution in [0.25, 0.3) is 0 Å². The van der Waals surface area contributed by atoms with E-state index in [2.05, 4.69) is 10.6 Å². The fraction of sp³-hybridized carbons (Fsp3) is 0.235. The molecule has 0 aliphatic heterocycles. The number of aryl methyl sites for hydroxylation is 1. The van der Waals surface area contributed by atoms with Crippen LogP contribution in [-0.4, -0.2) is 19.2 Å². The SMILES string of the molecule is Cc1ccccc1CNC(=O)NCCOc1ccc(F)cc1. The van der Waals surface area contributed by atoms with E-state index in [0.717, 1.165) is 11.1 Å². The normalized spacial score (nSPS) is 10.1. The van der Waals surface area contributed by atoms with Crippen LogP contribution in [-0.2, 0) is 6.54 Å². The molecular weight excluding hydrogens is 283 g/mol. The number of benzene rings is 2. The second-order valence-corrected chi connectivity index (χ2v) is 4.84. The van der Waals surface area contributed by atoms with Crippen LogP contribution in [0.1, 0.15) is 11.1 Å². The summed E-state index contributed by atoms with van der Waals surface area (Å²) < 4.78 is 18.1. The topological polar surface area (TPSA) is 50.4 Å². The molecule has 5 heteroatoms. The lowest BCUT2D eigenvalue weighted by molar-refractivity contribution is 0.236. The summed E-state index contributed by atoms with van der Waals surface area (Å²) in [5.74, 6) is 0.268. The molecule has 0 bridgehead atoms. The Morgan fingerprint density at radius 3 is 2.55 bits per heavy atom. The van der Waals surface area contributed by atoms with Gasteiger partial charge in [-0.05, 0) is 42.3 Å². The van der Waals surface area contributed by atoms with Crippen molar-refractivity contribution in [1.82, 2.24) is 10.6 Å². The van der Waals surface area contributed by atoms with Crippen molar-refractivity contribution in [3.8, 4) is 5.75 Å². The first-order valence-electron chi connectivity index (χ1n) is 7.10. The predicted octanol–water partition coefficient (Wildman–Crippen LogP) is 3.01. The Balaban J connectivity index is 1.64. The number of urea groups is 1. The first-order valence-corrected chi connectivity index (χ1v) is 7.10. The first kappa shape index (κ1) is 15.8. The number of halogens is 1. The maximum absolute atomic E-state index is 12.7. The molecule has 0 spiro atoms. The molecule has 0 atom stereocenters. The predicted molar refractivity (Wildman–Crippen MR) is 83.3 cm³/mol. The molecule has 0 saturated carbocycles. The lowest BCUT2D eigenvalue weighted by Gasteiger charge is -2.10. The Morgan fingerprint density at radius 2 is 1.82 bits per heavy atom. The van der Waals surface area contributed by atoms with Crippen LogP contribution in [0.2, 0.25) is 0 Å². The molecule has 0 radical (unpaired) electrons. The van der Waals surface area contributed by atoms with Crippen LogP contribution >= 0.6 is 0 Å². The van der Waals surface area contributed by atoms with Gasteiger partial charge in [-0.15, -0.1) is 0 Å². The van der Waals surface area contributed by atoms with E-state index in [4.69, 9.17) is 4.74 Å². The van der Waals surface area contributed by atoms with Crippen molar-refractivity contribution in [3.05, 3.63) is 65.5 Å². The molecule has 0 fully saturated rings. The summed E-state index contributed by atoms with van der Waals surface area (Å²) in [6.45, 7) is 3.18. The zero-order chi connectivity index (χ0) is 15.8. The molecule has 4 nitrogen and oxygen atoms in total. The van der Waals surface area contributed by atoms with Gasteiger partial charge in [-0.25, -0.2) is 9.18 Å². The fourth-order valence-electron chi connectivity index (χ4n) is 1.91. The number of rotatable bonds is 6. The number of amides is 2. The van der Waals surface area contributed by atoms with Gasteiger partial charge in [0.2, 0.25) is 0 Å². The summed E-state index contributed by atoms with van der Waals surface area (Å²) in [5.41, 5.74) is 2.22. The Bertz CT molecular complexity index is 614. The zero-order valence-electron chi connectivity index (χ0n) is 12.4. The van der Waals surface area contributed by atoms with E-state index in [1.807, 2.05) is 31.2 Å². The molecule has 0 aliphatic rings. The number of ether oxygens (including phenoxy) is 1. The van der Waals surface area contributed by atoms with Crippen molar-refractivity contribution in [3.63, 3.8) is 0 Å². The van der Waals surface area contributed by atoms with E-state index in [1.54, 1.807) is 12.1 Å². The summed E-state index contributed by atoms with van der Waals surface area (Å²) in [7, 11) is 0. The summed E-state index contributed by atoms with van der Waals surface area (Å²) in [4.78, 5) is 11.7. The number of carbonyl (C=O) groups is 1. The second-order valence-electron chi connectivity index (χ2n) is 4.84. The Kier molecular flexibility index (Phi) is 5.77. The minimum Gasteiger partial charge on any atom is -0.492 e. The summed E-state index contributed by atoms with van der Waals surface area (Å²) >= 11 is 0. The van der Waals surface area contributed by atoms with E-state index in [-0.39, 0.29) is 11.8 Å². The number of hydrogen-bond donors (Lipinski definition) is 2. The quantitative estimate of drug-likeness (QED) is 0.806. The molecule has 2 aromatic carbocycles. The van der Waals surface area contributed by atoms with Gasteiger partial charge in [-0.1, -0.05) is 24.3 Å². The third-order valence-corrected chi connectivity index (χ3v) is 3.17. The average molecular weight is 302 g/mol. The van der Waals surface area contributed by atoms with Crippen LogP contribution in [0.4, 0.5) is 9.18 Å². The lowest BCUT2D eigenvalue weighted by atomic mass is 10.1. The zero-order valence-corrected chi connectivity index (χ0v) is 12.4. The van der Waals surface area contributed by atoms with Crippen molar-refractivity contribution < 1.29 is 13.9 Å². The molecule has 0 heterocycles. The molecular formula is C17H19FN2O2. The van der Waals surface area contributed by atoms with Crippen molar-refractivity contribution in [1.29, 1.82) is 0 Å². The van der Waals surface area contributed by atoms with Crippen LogP contribution in [0.15, 0.2) is 48.5 Å². The Morgan fingerprint density at radius 1 is 1.09 bits per heavy atom. The number of hydrogen-bond acceptors (Lipinski definition) is 2. The molecule has 2 aromatic rings. The highest BCUT2D eigenvalue weighted by Gasteiger charge is 2.02. The highest BCUT2D eigenvalue weighted by Crippen LogP contribution is 2.10. The van der Waals surface area contributed by atoms with Gasteiger partial charge < -0.3 is 15.4 Å². The Labute approximate surface area is 129 Å². The first-order chi connectivity index (χ1) is 10.6. The van der Waals surface area contributed by atoms with Gasteiger partial charge >= 0.3 is 6.03 Å². The van der Waals surface area contributed by atoms with E-state index < -0.39 is 0 Å². The lowest BCUT2D eigenvalue weighted by Crippen LogP contribution is -2.37. The van der Waals surface area contributed by atoms with Crippen LogP contribution < -0.4 is 15.4 Å². The van der Waals surface area contributed by atoms with E-state index >= 15 is 0 Å². The number of carbonyl (C=O) groups excluding carboxylic acids is 1. The van der Waals surface area contributed by atoms with Crippen molar-refractivity contribution in [2.45, 2.75) is 13.5 Å². The maximum Gasteiger partial charge on any atom is 0.315 e. The third-order valence-electron chi connectivity index (χ3n) is 3.17. The fourth-order valence-corrected chi connectivity index (χ4v) is 1.91. The maximum atomic E-state index is 12.7. The third kappa shape index (κ3) is 5.09. The van der Waals surface area contributed by atoms with Gasteiger partial charge in [0.25, 0.3) is 0 Å². The van der Waals surface area contributed by atoms with Gasteiger partial charge in [-0.3, -0.25) is 0 Å². The van der Waals surface area contributed by atoms with Gasteiger partial charge in [0.1, 0.15) is 18.2 Å². The molecule has 22 heavy (non-hydrogen) atoms. The number of nitrogens with one attached hydrogen (secondary N) is 2. The largest absolute Gasteiger partial charge is 0.492 e. The van der Waals surface area contributed by atoms with Crippen molar-refractivity contribution in [2.75, 3.05) is 13.2 Å². The monoisotopic (exact) mass is 302 g/mol. The van der Waals surface area contributed by atoms with Gasteiger partial charge in [0, 0.05) is 6.54 Å². The highest BCUT2D eigenvalue weighted by molar-refractivity contribution is 5.73. The summed E-state index contributed by atoms with van der Waals surface area (Å²) in [6.07, 6.45) is 0. The van der Waals surface area contributed by atoms with E-state index in [9.17, 15) is 9.18 Å². The summed E-state index contributed by atoms with van der Waals surface area (Å²) in [5, 5.41) is 5.50. The molecule has 0 unspecified atom stereocenters. The van der Waals surface area contributed by atoms with Crippen molar-refractivity contribution in [2.24, 2.45) is 0 Å². The van der Waals surface area contributed by atoms with Crippen molar-refractivity contribution >= 4 is 6.03 Å². The van der Waals surface area contributed by atoms with E-state index in [1.165, 1.54) is 12.1 Å². The molecule has 116 valence electrons. The minimum atomic E-state index is -0.305. The van der Waals surface area contributed by atoms with Gasteiger partial charge in [0.15, 0.2) is 0 Å². The van der Waals surface area contributed by atoms with Crippen LogP contribution in [0.3, 0.4) is 0 Å². The second kappa shape index (κ2) is 8.02. The standard InChI is InChI=1S/C17H19FN2O2/c1-13-4-2-3-5-14(13)12-20-17(21)19-10-11-22-16-8-6-15(18)7-9-16/h2-9H,10-12H2,1H3,(H2,19,20,21). The van der Waals surface area contributed by atoms with Crippen LogP contribution in [0, 0.1) is 12.7 Å². The van der Waals surface area contributed by atoms with Gasteiger partial charge in [-0.2, -0.15) is 0 Å². The van der Waals surface area contributed by atoms with Gasteiger partial charge in [0.05, 0.1) is 6.54 Å². The summed E-state index contributed by atoms with van der Waals surface area (Å²) in [6, 6.07) is 13.4. The molecule has 0 saturated heterocycles. The molecule has 0 aliphatic carbocycles. The molecule has 2 amide bonds. The molecule has 2 rings (SSSR count).